The van der Waals surface area contributed by atoms with Crippen LogP contribution in [0.15, 0.2) is 18.2 Å². The molecule has 8 heteroatoms. The zero-order valence-electron chi connectivity index (χ0n) is 16.5. The monoisotopic (exact) mass is 388 g/mol. The lowest BCUT2D eigenvalue weighted by molar-refractivity contribution is -0.384. The zero-order valence-corrected chi connectivity index (χ0v) is 16.5. The van der Waals surface area contributed by atoms with Gasteiger partial charge < -0.3 is 15.1 Å². The van der Waals surface area contributed by atoms with Crippen molar-refractivity contribution in [3.8, 4) is 0 Å². The van der Waals surface area contributed by atoms with Gasteiger partial charge in [0.1, 0.15) is 5.69 Å². The maximum atomic E-state index is 12.6. The Morgan fingerprint density at radius 3 is 2.61 bits per heavy atom. The van der Waals surface area contributed by atoms with E-state index in [1.165, 1.54) is 31.7 Å². The van der Waals surface area contributed by atoms with Gasteiger partial charge in [0, 0.05) is 37.3 Å². The van der Waals surface area contributed by atoms with Crippen LogP contribution in [0.2, 0.25) is 0 Å². The van der Waals surface area contributed by atoms with Gasteiger partial charge in [0.25, 0.3) is 11.6 Å². The molecule has 0 atom stereocenters. The van der Waals surface area contributed by atoms with Crippen molar-refractivity contribution in [3.05, 3.63) is 33.9 Å². The van der Waals surface area contributed by atoms with Gasteiger partial charge in [-0.1, -0.05) is 12.8 Å². The molecule has 0 radical (unpaired) electrons. The molecular formula is C20H28N4O4. The average Bonchev–Trinajstić information content (AvgIpc) is 3.15. The summed E-state index contributed by atoms with van der Waals surface area (Å²) in [4.78, 5) is 39.5. The maximum absolute atomic E-state index is 12.6. The summed E-state index contributed by atoms with van der Waals surface area (Å²) in [7, 11) is 0. The van der Waals surface area contributed by atoms with Crippen molar-refractivity contribution in [1.29, 1.82) is 0 Å². The first-order chi connectivity index (χ1) is 13.3. The normalized spacial score (nSPS) is 18.0. The molecule has 2 aliphatic rings. The molecule has 0 spiro atoms. The predicted octanol–water partition coefficient (Wildman–Crippen LogP) is 2.57. The highest BCUT2D eigenvalue weighted by molar-refractivity contribution is 5.96. The molecule has 1 N–H and O–H groups in total. The molecular weight excluding hydrogens is 360 g/mol. The van der Waals surface area contributed by atoms with Crippen LogP contribution in [-0.4, -0.2) is 53.9 Å². The summed E-state index contributed by atoms with van der Waals surface area (Å²) in [5, 5.41) is 14.3. The van der Waals surface area contributed by atoms with Crippen LogP contribution in [0.4, 0.5) is 11.4 Å². The number of hydrogen-bond donors (Lipinski definition) is 1. The van der Waals surface area contributed by atoms with E-state index < -0.39 is 4.92 Å². The topological polar surface area (TPSA) is 95.8 Å². The highest BCUT2D eigenvalue weighted by Gasteiger charge is 2.30. The Hall–Kier alpha value is -2.64. The van der Waals surface area contributed by atoms with Crippen LogP contribution in [0.3, 0.4) is 0 Å². The second-order valence-electron chi connectivity index (χ2n) is 8.00. The van der Waals surface area contributed by atoms with Crippen LogP contribution < -0.4 is 10.2 Å². The molecule has 28 heavy (non-hydrogen) atoms. The molecule has 1 saturated heterocycles. The van der Waals surface area contributed by atoms with Crippen molar-refractivity contribution in [1.82, 2.24) is 10.2 Å². The zero-order chi connectivity index (χ0) is 20.3. The summed E-state index contributed by atoms with van der Waals surface area (Å²) in [6, 6.07) is 4.39. The molecule has 2 amide bonds. The van der Waals surface area contributed by atoms with E-state index in [9.17, 15) is 19.7 Å². The van der Waals surface area contributed by atoms with Gasteiger partial charge in [0.2, 0.25) is 5.91 Å². The molecule has 3 rings (SSSR count). The molecule has 1 aromatic rings. The maximum Gasteiger partial charge on any atom is 0.293 e. The van der Waals surface area contributed by atoms with E-state index >= 15 is 0 Å². The number of nitrogens with one attached hydrogen (secondary N) is 1. The number of benzene rings is 1. The van der Waals surface area contributed by atoms with Crippen LogP contribution in [-0.2, 0) is 4.79 Å². The van der Waals surface area contributed by atoms with Gasteiger partial charge in [0.05, 0.1) is 11.5 Å². The first-order valence-corrected chi connectivity index (χ1v) is 9.97. The summed E-state index contributed by atoms with van der Waals surface area (Å²) < 4.78 is 0. The second kappa shape index (κ2) is 8.58. The Balaban J connectivity index is 1.73. The second-order valence-corrected chi connectivity index (χ2v) is 8.00. The molecule has 1 aromatic carbocycles. The van der Waals surface area contributed by atoms with Crippen LogP contribution in [0.5, 0.6) is 0 Å². The number of carbonyl (C=O) groups excluding carboxylic acids is 2. The molecule has 8 nitrogen and oxygen atoms in total. The van der Waals surface area contributed by atoms with E-state index in [4.69, 9.17) is 0 Å². The number of carbonyl (C=O) groups is 2. The lowest BCUT2D eigenvalue weighted by Gasteiger charge is -2.36. The molecule has 2 fully saturated rings. The van der Waals surface area contributed by atoms with Crippen LogP contribution >= 0.6 is 0 Å². The quantitative estimate of drug-likeness (QED) is 0.597. The first-order valence-electron chi connectivity index (χ1n) is 9.97. The summed E-state index contributed by atoms with van der Waals surface area (Å²) in [5.41, 5.74) is 0.490. The molecule has 0 unspecified atom stereocenters. The Morgan fingerprint density at radius 1 is 1.29 bits per heavy atom. The number of hydrogen-bond acceptors (Lipinski definition) is 5. The van der Waals surface area contributed by atoms with Gasteiger partial charge in [-0.05, 0) is 44.7 Å². The number of amides is 2. The third-order valence-corrected chi connectivity index (χ3v) is 5.47. The molecule has 1 aliphatic carbocycles. The SMILES string of the molecule is CC(C)NC(=O)c1ccc(N2CCN(CC3CCCC3)C(=O)C2)c([N+](=O)[O-])c1. The fourth-order valence-corrected chi connectivity index (χ4v) is 4.04. The number of nitro benzene ring substituents is 1. The minimum Gasteiger partial charge on any atom is -0.355 e. The number of nitrogens with zero attached hydrogens (tertiary/aromatic N) is 3. The molecule has 1 saturated carbocycles. The number of piperazine rings is 1. The minimum absolute atomic E-state index is 0.00840. The van der Waals surface area contributed by atoms with E-state index in [1.807, 2.05) is 18.7 Å². The van der Waals surface area contributed by atoms with Crippen molar-refractivity contribution in [3.63, 3.8) is 0 Å². The Morgan fingerprint density at radius 2 is 2.00 bits per heavy atom. The van der Waals surface area contributed by atoms with E-state index in [-0.39, 0.29) is 35.7 Å². The fraction of sp³-hybridized carbons (Fsp3) is 0.600. The Labute approximate surface area is 165 Å². The first kappa shape index (κ1) is 20.1. The fourth-order valence-electron chi connectivity index (χ4n) is 4.04. The number of rotatable bonds is 6. The summed E-state index contributed by atoms with van der Waals surface area (Å²) in [6.45, 7) is 5.71. The lowest BCUT2D eigenvalue weighted by Crippen LogP contribution is -2.51. The van der Waals surface area contributed by atoms with E-state index in [0.29, 0.717) is 24.7 Å². The third kappa shape index (κ3) is 4.61. The smallest absolute Gasteiger partial charge is 0.293 e. The highest BCUT2D eigenvalue weighted by atomic mass is 16.6. The predicted molar refractivity (Wildman–Crippen MR) is 106 cm³/mol. The van der Waals surface area contributed by atoms with Crippen LogP contribution in [0.1, 0.15) is 49.9 Å². The van der Waals surface area contributed by atoms with E-state index in [2.05, 4.69) is 5.32 Å². The van der Waals surface area contributed by atoms with E-state index in [0.717, 1.165) is 6.54 Å². The van der Waals surface area contributed by atoms with Crippen molar-refractivity contribution < 1.29 is 14.5 Å². The van der Waals surface area contributed by atoms with Gasteiger partial charge in [-0.3, -0.25) is 19.7 Å². The molecule has 1 heterocycles. The van der Waals surface area contributed by atoms with Gasteiger partial charge >= 0.3 is 0 Å². The van der Waals surface area contributed by atoms with Crippen molar-refractivity contribution in [2.45, 2.75) is 45.6 Å². The standard InChI is InChI=1S/C20H28N4O4/c1-14(2)21-20(26)16-7-8-17(18(11-16)24(27)28)22-9-10-23(19(25)13-22)12-15-5-3-4-6-15/h7-8,11,14-15H,3-6,9-10,12-13H2,1-2H3,(H,21,26). The van der Waals surface area contributed by atoms with Crippen LogP contribution in [0.25, 0.3) is 0 Å². The van der Waals surface area contributed by atoms with Gasteiger partial charge in [-0.15, -0.1) is 0 Å². The van der Waals surface area contributed by atoms with Crippen molar-refractivity contribution >= 4 is 23.2 Å². The van der Waals surface area contributed by atoms with E-state index in [1.54, 1.807) is 17.0 Å². The molecule has 0 aromatic heterocycles. The minimum atomic E-state index is -0.489. The Kier molecular flexibility index (Phi) is 6.16. The summed E-state index contributed by atoms with van der Waals surface area (Å²) >= 11 is 0. The van der Waals surface area contributed by atoms with Crippen molar-refractivity contribution in [2.24, 2.45) is 5.92 Å². The lowest BCUT2D eigenvalue weighted by atomic mass is 10.1. The summed E-state index contributed by atoms with van der Waals surface area (Å²) in [5.74, 6) is 0.250. The Bertz CT molecular complexity index is 759. The van der Waals surface area contributed by atoms with Gasteiger partial charge in [-0.25, -0.2) is 0 Å². The van der Waals surface area contributed by atoms with Crippen LogP contribution in [0, 0.1) is 16.0 Å². The van der Waals surface area contributed by atoms with Crippen molar-refractivity contribution in [2.75, 3.05) is 31.1 Å². The number of nitro groups is 1. The largest absolute Gasteiger partial charge is 0.355 e. The molecule has 0 bridgehead atoms. The average molecular weight is 388 g/mol. The molecule has 1 aliphatic heterocycles. The number of anilines is 1. The molecule has 152 valence electrons. The third-order valence-electron chi connectivity index (χ3n) is 5.47. The summed E-state index contributed by atoms with van der Waals surface area (Å²) in [6.07, 6.45) is 4.83. The van der Waals surface area contributed by atoms with Gasteiger partial charge in [-0.2, -0.15) is 0 Å². The van der Waals surface area contributed by atoms with Gasteiger partial charge in [0.15, 0.2) is 0 Å². The highest BCUT2D eigenvalue weighted by Crippen LogP contribution is 2.31.